The number of aliphatic hydroxyl groups is 1. The number of hydrogen-bond acceptors (Lipinski definition) is 4. The van der Waals surface area contributed by atoms with Crippen LogP contribution in [0.25, 0.3) is 0 Å². The number of anilines is 1. The summed E-state index contributed by atoms with van der Waals surface area (Å²) in [6.45, 7) is 5.82. The van der Waals surface area contributed by atoms with Gasteiger partial charge in [-0.15, -0.1) is 0 Å². The maximum absolute atomic E-state index is 12.2. The van der Waals surface area contributed by atoms with E-state index >= 15 is 0 Å². The second-order valence-electron chi connectivity index (χ2n) is 5.06. The molecule has 0 bridgehead atoms. The number of para-hydroxylation sites is 1. The lowest BCUT2D eigenvalue weighted by Crippen LogP contribution is -2.36. The summed E-state index contributed by atoms with van der Waals surface area (Å²) in [4.78, 5) is 0.199. The van der Waals surface area contributed by atoms with Gasteiger partial charge in [0, 0.05) is 6.54 Å². The van der Waals surface area contributed by atoms with E-state index in [4.69, 9.17) is 0 Å². The number of sulfonamides is 1. The lowest BCUT2D eigenvalue weighted by atomic mass is 10.1. The molecule has 0 fully saturated rings. The van der Waals surface area contributed by atoms with Crippen molar-refractivity contribution in [1.82, 2.24) is 4.72 Å². The molecule has 0 saturated heterocycles. The van der Waals surface area contributed by atoms with E-state index in [9.17, 15) is 13.5 Å². The van der Waals surface area contributed by atoms with E-state index in [1.807, 2.05) is 6.92 Å². The molecule has 108 valence electrons. The summed E-state index contributed by atoms with van der Waals surface area (Å²) in [6.07, 6.45) is 0.733. The molecular weight excluding hydrogens is 264 g/mol. The third-order valence-corrected chi connectivity index (χ3v) is 4.11. The number of aliphatic hydroxyl groups excluding tert-OH is 1. The zero-order chi connectivity index (χ0) is 14.5. The number of benzene rings is 1. The molecule has 0 heterocycles. The van der Waals surface area contributed by atoms with Crippen molar-refractivity contribution in [1.29, 1.82) is 0 Å². The molecule has 0 aliphatic rings. The normalized spacial score (nSPS) is 12.4. The van der Waals surface area contributed by atoms with Crippen molar-refractivity contribution in [3.63, 3.8) is 0 Å². The minimum atomic E-state index is -3.53. The van der Waals surface area contributed by atoms with Crippen LogP contribution in [0.2, 0.25) is 0 Å². The molecule has 1 aromatic rings. The van der Waals surface area contributed by atoms with Crippen molar-refractivity contribution in [2.45, 2.75) is 37.6 Å². The Kier molecular flexibility index (Phi) is 5.34. The van der Waals surface area contributed by atoms with Gasteiger partial charge in [-0.3, -0.25) is 0 Å². The van der Waals surface area contributed by atoms with Crippen molar-refractivity contribution in [2.24, 2.45) is 0 Å². The highest BCUT2D eigenvalue weighted by atomic mass is 32.2. The van der Waals surface area contributed by atoms with Crippen LogP contribution < -0.4 is 10.0 Å². The van der Waals surface area contributed by atoms with E-state index in [1.165, 1.54) is 0 Å². The monoisotopic (exact) mass is 286 g/mol. The number of hydrogen-bond donors (Lipinski definition) is 3. The molecule has 0 radical (unpaired) electrons. The standard InChI is InChI=1S/C13H22N2O3S/c1-4-9-14-19(17,18)12-8-6-5-7-11(12)15-13(2,3)10-16/h5-8,14-16H,4,9-10H2,1-3H3. The first-order valence-corrected chi connectivity index (χ1v) is 7.78. The van der Waals surface area contributed by atoms with Crippen LogP contribution in [0.4, 0.5) is 5.69 Å². The number of nitrogens with one attached hydrogen (secondary N) is 2. The minimum absolute atomic E-state index is 0.0935. The van der Waals surface area contributed by atoms with Crippen LogP contribution in [-0.4, -0.2) is 32.2 Å². The second kappa shape index (κ2) is 6.36. The third-order valence-electron chi connectivity index (χ3n) is 2.59. The molecule has 0 atom stereocenters. The highest BCUT2D eigenvalue weighted by Gasteiger charge is 2.22. The van der Waals surface area contributed by atoms with Crippen molar-refractivity contribution < 1.29 is 13.5 Å². The van der Waals surface area contributed by atoms with Gasteiger partial charge in [-0.1, -0.05) is 19.1 Å². The van der Waals surface area contributed by atoms with Crippen LogP contribution >= 0.6 is 0 Å². The van der Waals surface area contributed by atoms with Crippen LogP contribution in [0.5, 0.6) is 0 Å². The largest absolute Gasteiger partial charge is 0.394 e. The maximum Gasteiger partial charge on any atom is 0.242 e. The molecule has 5 nitrogen and oxygen atoms in total. The van der Waals surface area contributed by atoms with Gasteiger partial charge in [0.15, 0.2) is 0 Å². The Hall–Kier alpha value is -1.11. The Morgan fingerprint density at radius 3 is 2.47 bits per heavy atom. The fourth-order valence-corrected chi connectivity index (χ4v) is 2.82. The molecule has 3 N–H and O–H groups in total. The first-order chi connectivity index (χ1) is 8.82. The van der Waals surface area contributed by atoms with Crippen LogP contribution in [-0.2, 0) is 10.0 Å². The van der Waals surface area contributed by atoms with Crippen molar-refractivity contribution in [3.05, 3.63) is 24.3 Å². The average Bonchev–Trinajstić information content (AvgIpc) is 2.36. The summed E-state index contributed by atoms with van der Waals surface area (Å²) in [6, 6.07) is 6.68. The smallest absolute Gasteiger partial charge is 0.242 e. The molecular formula is C13H22N2O3S. The first kappa shape index (κ1) is 15.9. The molecule has 0 aliphatic carbocycles. The first-order valence-electron chi connectivity index (χ1n) is 6.30. The van der Waals surface area contributed by atoms with Gasteiger partial charge in [-0.05, 0) is 32.4 Å². The molecule has 0 amide bonds. The fourth-order valence-electron chi connectivity index (χ4n) is 1.52. The van der Waals surface area contributed by atoms with E-state index < -0.39 is 15.6 Å². The Balaban J connectivity index is 3.09. The lowest BCUT2D eigenvalue weighted by Gasteiger charge is -2.26. The van der Waals surface area contributed by atoms with Crippen LogP contribution in [0, 0.1) is 0 Å². The Bertz CT molecular complexity index is 512. The molecule has 0 saturated carbocycles. The van der Waals surface area contributed by atoms with Crippen molar-refractivity contribution in [3.8, 4) is 0 Å². The SMILES string of the molecule is CCCNS(=O)(=O)c1ccccc1NC(C)(C)CO. The van der Waals surface area contributed by atoms with Crippen molar-refractivity contribution >= 4 is 15.7 Å². The van der Waals surface area contributed by atoms with Gasteiger partial charge in [0.2, 0.25) is 10.0 Å². The average molecular weight is 286 g/mol. The van der Waals surface area contributed by atoms with Crippen LogP contribution in [0.15, 0.2) is 29.2 Å². The minimum Gasteiger partial charge on any atom is -0.394 e. The zero-order valence-corrected chi connectivity index (χ0v) is 12.4. The Morgan fingerprint density at radius 2 is 1.89 bits per heavy atom. The zero-order valence-electron chi connectivity index (χ0n) is 11.6. The topological polar surface area (TPSA) is 78.4 Å². The van der Waals surface area contributed by atoms with Crippen LogP contribution in [0.3, 0.4) is 0 Å². The van der Waals surface area contributed by atoms with E-state index in [2.05, 4.69) is 10.0 Å². The van der Waals surface area contributed by atoms with Gasteiger partial charge in [-0.2, -0.15) is 0 Å². The van der Waals surface area contributed by atoms with Gasteiger partial charge in [0.1, 0.15) is 4.90 Å². The van der Waals surface area contributed by atoms with Gasteiger partial charge in [0.05, 0.1) is 17.8 Å². The summed E-state index contributed by atoms with van der Waals surface area (Å²) < 4.78 is 26.9. The summed E-state index contributed by atoms with van der Waals surface area (Å²) in [5.74, 6) is 0. The Labute approximate surface area is 115 Å². The van der Waals surface area contributed by atoms with E-state index in [1.54, 1.807) is 38.1 Å². The summed E-state index contributed by atoms with van der Waals surface area (Å²) >= 11 is 0. The maximum atomic E-state index is 12.2. The van der Waals surface area contributed by atoms with Gasteiger partial charge < -0.3 is 10.4 Å². The Morgan fingerprint density at radius 1 is 1.26 bits per heavy atom. The highest BCUT2D eigenvalue weighted by Crippen LogP contribution is 2.23. The summed E-state index contributed by atoms with van der Waals surface area (Å²) in [5.41, 5.74) is -0.0960. The molecule has 0 aromatic heterocycles. The van der Waals surface area contributed by atoms with Crippen LogP contribution in [0.1, 0.15) is 27.2 Å². The van der Waals surface area contributed by atoms with Gasteiger partial charge in [0.25, 0.3) is 0 Å². The highest BCUT2D eigenvalue weighted by molar-refractivity contribution is 7.89. The molecule has 0 spiro atoms. The summed E-state index contributed by atoms with van der Waals surface area (Å²) in [5, 5.41) is 12.3. The lowest BCUT2D eigenvalue weighted by molar-refractivity contribution is 0.234. The number of rotatable bonds is 7. The van der Waals surface area contributed by atoms with Gasteiger partial charge >= 0.3 is 0 Å². The fraction of sp³-hybridized carbons (Fsp3) is 0.538. The van der Waals surface area contributed by atoms with E-state index in [0.717, 1.165) is 6.42 Å². The van der Waals surface area contributed by atoms with Gasteiger partial charge in [-0.25, -0.2) is 13.1 Å². The molecule has 6 heteroatoms. The van der Waals surface area contributed by atoms with E-state index in [-0.39, 0.29) is 11.5 Å². The molecule has 19 heavy (non-hydrogen) atoms. The molecule has 1 aromatic carbocycles. The predicted molar refractivity (Wildman–Crippen MR) is 76.7 cm³/mol. The quantitative estimate of drug-likeness (QED) is 0.711. The molecule has 0 unspecified atom stereocenters. The second-order valence-corrected chi connectivity index (χ2v) is 6.80. The summed E-state index contributed by atoms with van der Waals surface area (Å²) in [7, 11) is -3.53. The third kappa shape index (κ3) is 4.49. The molecule has 0 aliphatic heterocycles. The molecule has 1 rings (SSSR count). The predicted octanol–water partition coefficient (Wildman–Crippen LogP) is 1.56. The van der Waals surface area contributed by atoms with Crippen molar-refractivity contribution in [2.75, 3.05) is 18.5 Å². The van der Waals surface area contributed by atoms with E-state index in [0.29, 0.717) is 12.2 Å².